The number of rotatable bonds is 3. The van der Waals surface area contributed by atoms with E-state index in [1.165, 1.54) is 12.7 Å². The van der Waals surface area contributed by atoms with Crippen LogP contribution < -0.4 is 5.45 Å². The van der Waals surface area contributed by atoms with Crippen LogP contribution in [-0.2, 0) is 8.85 Å². The summed E-state index contributed by atoms with van der Waals surface area (Å²) in [4.78, 5) is 11.7. The molecule has 1 aromatic heterocycles. The zero-order chi connectivity index (χ0) is 9.03. The van der Waals surface area contributed by atoms with E-state index in [0.717, 1.165) is 0 Å². The summed E-state index contributed by atoms with van der Waals surface area (Å²) < 4.78 is 10.5. The monoisotopic (exact) mass is 185 g/mol. The first kappa shape index (κ1) is 9.24. The lowest BCUT2D eigenvalue weighted by atomic mass is 11.1. The molecule has 0 amide bonds. The van der Waals surface area contributed by atoms with E-state index in [0.29, 0.717) is 5.45 Å². The smallest absolute Gasteiger partial charge is 0.393 e. The Morgan fingerprint density at radius 3 is 2.08 bits per heavy atom. The maximum Gasteiger partial charge on any atom is 0.408 e. The third kappa shape index (κ3) is 1.66. The molecule has 0 saturated heterocycles. The number of hydrogen-bond acceptors (Lipinski definition) is 5. The molecule has 0 atom stereocenters. The maximum absolute atomic E-state index is 5.24. The van der Waals surface area contributed by atoms with Crippen LogP contribution in [0.2, 0.25) is 6.55 Å². The molecule has 0 N–H and O–H groups in total. The average molecular weight is 185 g/mol. The molecule has 1 heterocycles. The van der Waals surface area contributed by atoms with Gasteiger partial charge >= 0.3 is 8.56 Å². The fourth-order valence-corrected chi connectivity index (χ4v) is 1.86. The highest BCUT2D eigenvalue weighted by molar-refractivity contribution is 6.78. The van der Waals surface area contributed by atoms with E-state index in [-0.39, 0.29) is 0 Å². The van der Waals surface area contributed by atoms with Crippen LogP contribution in [0.3, 0.4) is 0 Å². The van der Waals surface area contributed by atoms with Gasteiger partial charge in [-0.15, -0.1) is 0 Å². The van der Waals surface area contributed by atoms with Gasteiger partial charge in [-0.1, -0.05) is 0 Å². The molecule has 0 aliphatic heterocycles. The van der Waals surface area contributed by atoms with Gasteiger partial charge in [0.15, 0.2) is 5.45 Å². The van der Waals surface area contributed by atoms with Crippen LogP contribution in [0.15, 0.2) is 12.7 Å². The Hall–Kier alpha value is -0.853. The largest absolute Gasteiger partial charge is 0.408 e. The van der Waals surface area contributed by atoms with Crippen LogP contribution in [0.25, 0.3) is 0 Å². The first-order chi connectivity index (χ1) is 5.73. The second-order valence-corrected chi connectivity index (χ2v) is 5.47. The molecular formula is C6H11N3O2Si. The summed E-state index contributed by atoms with van der Waals surface area (Å²) in [6.07, 6.45) is 2.87. The van der Waals surface area contributed by atoms with Gasteiger partial charge in [-0.25, -0.2) is 15.0 Å². The summed E-state index contributed by atoms with van der Waals surface area (Å²) in [7, 11) is 0.858. The lowest BCUT2D eigenvalue weighted by molar-refractivity contribution is 0.263. The van der Waals surface area contributed by atoms with Crippen LogP contribution in [0, 0.1) is 0 Å². The molecule has 0 aromatic carbocycles. The SMILES string of the molecule is CO[Si](C)(OC)c1ncncn1. The van der Waals surface area contributed by atoms with E-state index in [1.54, 1.807) is 14.2 Å². The van der Waals surface area contributed by atoms with Crippen molar-refractivity contribution in [1.29, 1.82) is 0 Å². The molecule has 66 valence electrons. The molecule has 6 heteroatoms. The van der Waals surface area contributed by atoms with Crippen molar-refractivity contribution in [3.63, 3.8) is 0 Å². The Balaban J connectivity index is 2.95. The fourth-order valence-electron chi connectivity index (χ4n) is 0.740. The van der Waals surface area contributed by atoms with E-state index in [9.17, 15) is 0 Å². The van der Waals surface area contributed by atoms with Crippen molar-refractivity contribution in [2.45, 2.75) is 6.55 Å². The highest BCUT2D eigenvalue weighted by Crippen LogP contribution is 2.00. The Bertz CT molecular complexity index is 240. The van der Waals surface area contributed by atoms with Gasteiger partial charge in [0.1, 0.15) is 12.7 Å². The van der Waals surface area contributed by atoms with Crippen molar-refractivity contribution in [3.05, 3.63) is 12.7 Å². The van der Waals surface area contributed by atoms with Crippen LogP contribution in [-0.4, -0.2) is 37.7 Å². The second-order valence-electron chi connectivity index (χ2n) is 2.32. The average Bonchev–Trinajstić information content (AvgIpc) is 2.18. The van der Waals surface area contributed by atoms with Crippen LogP contribution >= 0.6 is 0 Å². The van der Waals surface area contributed by atoms with Gasteiger partial charge in [-0.2, -0.15) is 0 Å². The van der Waals surface area contributed by atoms with Crippen molar-refractivity contribution in [3.8, 4) is 0 Å². The van der Waals surface area contributed by atoms with Gasteiger partial charge in [-0.3, -0.25) is 0 Å². The molecule has 0 spiro atoms. The van der Waals surface area contributed by atoms with Crippen LogP contribution in [0.5, 0.6) is 0 Å². The van der Waals surface area contributed by atoms with Crippen molar-refractivity contribution >= 4 is 14.0 Å². The van der Waals surface area contributed by atoms with Gasteiger partial charge in [0.2, 0.25) is 0 Å². The van der Waals surface area contributed by atoms with Gasteiger partial charge < -0.3 is 8.85 Å². The number of aromatic nitrogens is 3. The van der Waals surface area contributed by atoms with E-state index >= 15 is 0 Å². The summed E-state index contributed by atoms with van der Waals surface area (Å²) >= 11 is 0. The van der Waals surface area contributed by atoms with Gasteiger partial charge in [0.05, 0.1) is 0 Å². The molecule has 0 aliphatic carbocycles. The molecule has 0 unspecified atom stereocenters. The van der Waals surface area contributed by atoms with E-state index in [4.69, 9.17) is 8.85 Å². The lowest BCUT2D eigenvalue weighted by Gasteiger charge is -2.19. The Labute approximate surface area is 72.0 Å². The fraction of sp³-hybridized carbons (Fsp3) is 0.500. The summed E-state index contributed by atoms with van der Waals surface area (Å²) in [6.45, 7) is 1.88. The zero-order valence-corrected chi connectivity index (χ0v) is 8.31. The molecule has 5 nitrogen and oxygen atoms in total. The van der Waals surface area contributed by atoms with Crippen molar-refractivity contribution in [1.82, 2.24) is 15.0 Å². The minimum absolute atomic E-state index is 0.600. The predicted molar refractivity (Wildman–Crippen MR) is 45.1 cm³/mol. The molecule has 0 aliphatic rings. The molecule has 1 rings (SSSR count). The predicted octanol–water partition coefficient (Wildman–Crippen LogP) is -0.557. The Morgan fingerprint density at radius 2 is 1.67 bits per heavy atom. The van der Waals surface area contributed by atoms with Crippen LogP contribution in [0.1, 0.15) is 0 Å². The summed E-state index contributed by atoms with van der Waals surface area (Å²) in [6, 6.07) is 0. The first-order valence-corrected chi connectivity index (χ1v) is 5.77. The third-order valence-corrected chi connectivity index (χ3v) is 4.31. The van der Waals surface area contributed by atoms with E-state index in [1.807, 2.05) is 6.55 Å². The third-order valence-electron chi connectivity index (χ3n) is 1.68. The maximum atomic E-state index is 5.24. The van der Waals surface area contributed by atoms with Crippen LogP contribution in [0.4, 0.5) is 0 Å². The molecule has 1 aromatic rings. The molecule has 0 bridgehead atoms. The Morgan fingerprint density at radius 1 is 1.17 bits per heavy atom. The minimum Gasteiger partial charge on any atom is -0.393 e. The highest BCUT2D eigenvalue weighted by Gasteiger charge is 2.35. The minimum atomic E-state index is -2.34. The number of nitrogens with zero attached hydrogens (tertiary/aromatic N) is 3. The van der Waals surface area contributed by atoms with Gasteiger partial charge in [0.25, 0.3) is 0 Å². The summed E-state index contributed by atoms with van der Waals surface area (Å²) in [5.41, 5.74) is 0.600. The van der Waals surface area contributed by atoms with Gasteiger partial charge in [-0.05, 0) is 6.55 Å². The standard InChI is InChI=1S/C6H11N3O2Si/c1-10-12(3,11-2)6-8-4-7-5-9-6/h4-5H,1-3H3. The zero-order valence-electron chi connectivity index (χ0n) is 7.31. The van der Waals surface area contributed by atoms with Crippen molar-refractivity contribution in [2.75, 3.05) is 14.2 Å². The van der Waals surface area contributed by atoms with Gasteiger partial charge in [0, 0.05) is 14.2 Å². The van der Waals surface area contributed by atoms with E-state index < -0.39 is 8.56 Å². The topological polar surface area (TPSA) is 57.1 Å². The van der Waals surface area contributed by atoms with Crippen molar-refractivity contribution < 1.29 is 8.85 Å². The summed E-state index contributed by atoms with van der Waals surface area (Å²) in [5, 5.41) is 0. The Kier molecular flexibility index (Phi) is 2.85. The quantitative estimate of drug-likeness (QED) is 0.591. The van der Waals surface area contributed by atoms with E-state index in [2.05, 4.69) is 15.0 Å². The first-order valence-electron chi connectivity index (χ1n) is 3.45. The van der Waals surface area contributed by atoms with Crippen molar-refractivity contribution in [2.24, 2.45) is 0 Å². The lowest BCUT2D eigenvalue weighted by Crippen LogP contribution is -2.52. The highest BCUT2D eigenvalue weighted by atomic mass is 28.4. The number of hydrogen-bond donors (Lipinski definition) is 0. The molecule has 0 saturated carbocycles. The second kappa shape index (κ2) is 3.70. The molecule has 0 radical (unpaired) electrons. The molecular weight excluding hydrogens is 174 g/mol. The molecule has 0 fully saturated rings. The normalized spacial score (nSPS) is 11.6. The molecule has 12 heavy (non-hydrogen) atoms. The summed E-state index contributed by atoms with van der Waals surface area (Å²) in [5.74, 6) is 0.